The number of rotatable bonds is 4. The van der Waals surface area contributed by atoms with E-state index in [1.54, 1.807) is 0 Å². The smallest absolute Gasteiger partial charge is 0.329 e. The topological polar surface area (TPSA) is 46.5 Å². The first-order valence-electron chi connectivity index (χ1n) is 3.06. The first-order chi connectivity index (χ1) is 4.63. The van der Waals surface area contributed by atoms with Crippen LogP contribution in [-0.4, -0.2) is 24.3 Å². The quantitative estimate of drug-likeness (QED) is 0.474. The van der Waals surface area contributed by atoms with E-state index < -0.39 is 5.97 Å². The van der Waals surface area contributed by atoms with Crippen LogP contribution in [0.5, 0.6) is 0 Å². The maximum absolute atomic E-state index is 9.90. The fourth-order valence-electron chi connectivity index (χ4n) is 0.372. The lowest BCUT2D eigenvalue weighted by Crippen LogP contribution is -2.06. The molecule has 0 unspecified atom stereocenters. The normalized spacial score (nSPS) is 9.00. The molecule has 0 atom stereocenters. The van der Waals surface area contributed by atoms with Crippen LogP contribution in [0.4, 0.5) is 0 Å². The van der Waals surface area contributed by atoms with Crippen molar-refractivity contribution in [1.82, 2.24) is 0 Å². The Balaban J connectivity index is 3.21. The molecule has 0 fully saturated rings. The van der Waals surface area contributed by atoms with Gasteiger partial charge >= 0.3 is 5.97 Å². The Morgan fingerprint density at radius 3 is 2.60 bits per heavy atom. The summed E-state index contributed by atoms with van der Waals surface area (Å²) in [7, 11) is 0. The third-order valence-electron chi connectivity index (χ3n) is 0.835. The second-order valence-corrected chi connectivity index (χ2v) is 2.19. The maximum Gasteiger partial charge on any atom is 0.329 e. The fourth-order valence-corrected chi connectivity index (χ4v) is 0.372. The summed E-state index contributed by atoms with van der Waals surface area (Å²) in [5.41, 5.74) is 1.13. The maximum atomic E-state index is 9.90. The summed E-state index contributed by atoms with van der Waals surface area (Å²) in [5, 5.41) is 8.13. The number of carboxylic acid groups (broad SMARTS) is 1. The van der Waals surface area contributed by atoms with E-state index >= 15 is 0 Å². The van der Waals surface area contributed by atoms with E-state index in [0.717, 1.165) is 5.57 Å². The highest BCUT2D eigenvalue weighted by molar-refractivity contribution is 5.67. The van der Waals surface area contributed by atoms with Gasteiger partial charge in [-0.1, -0.05) is 11.6 Å². The Labute approximate surface area is 60.3 Å². The minimum absolute atomic E-state index is 0.218. The third kappa shape index (κ3) is 7.17. The van der Waals surface area contributed by atoms with Crippen LogP contribution >= 0.6 is 0 Å². The Morgan fingerprint density at radius 2 is 2.20 bits per heavy atom. The lowest BCUT2D eigenvalue weighted by molar-refractivity contribution is -0.141. The number of ether oxygens (including phenoxy) is 1. The largest absolute Gasteiger partial charge is 0.480 e. The van der Waals surface area contributed by atoms with Crippen LogP contribution < -0.4 is 0 Å². The number of aliphatic carboxylic acids is 1. The van der Waals surface area contributed by atoms with Crippen molar-refractivity contribution in [3.05, 3.63) is 11.6 Å². The van der Waals surface area contributed by atoms with Crippen molar-refractivity contribution >= 4 is 5.97 Å². The van der Waals surface area contributed by atoms with E-state index in [4.69, 9.17) is 9.84 Å². The molecule has 3 heteroatoms. The molecule has 0 spiro atoms. The minimum atomic E-state index is -0.929. The Bertz CT molecular complexity index is 134. The fraction of sp³-hybridized carbons (Fsp3) is 0.571. The molecular formula is C7H12O3. The molecule has 10 heavy (non-hydrogen) atoms. The van der Waals surface area contributed by atoms with Crippen LogP contribution in [0.15, 0.2) is 11.6 Å². The molecule has 0 bridgehead atoms. The average Bonchev–Trinajstić information content (AvgIpc) is 1.79. The Hall–Kier alpha value is -0.830. The average molecular weight is 144 g/mol. The summed E-state index contributed by atoms with van der Waals surface area (Å²) in [4.78, 5) is 9.90. The molecule has 1 N–H and O–H groups in total. The molecule has 0 aliphatic carbocycles. The van der Waals surface area contributed by atoms with Gasteiger partial charge < -0.3 is 9.84 Å². The van der Waals surface area contributed by atoms with Gasteiger partial charge in [0.05, 0.1) is 6.61 Å². The van der Waals surface area contributed by atoms with Crippen molar-refractivity contribution in [3.8, 4) is 0 Å². The third-order valence-corrected chi connectivity index (χ3v) is 0.835. The molecule has 0 aliphatic rings. The highest BCUT2D eigenvalue weighted by atomic mass is 16.5. The van der Waals surface area contributed by atoms with Crippen molar-refractivity contribution in [2.24, 2.45) is 0 Å². The van der Waals surface area contributed by atoms with Crippen molar-refractivity contribution in [2.45, 2.75) is 13.8 Å². The summed E-state index contributed by atoms with van der Waals surface area (Å²) >= 11 is 0. The van der Waals surface area contributed by atoms with Crippen molar-refractivity contribution in [3.63, 3.8) is 0 Å². The summed E-state index contributed by atoms with van der Waals surface area (Å²) in [5.74, 6) is -0.929. The number of carbonyl (C=O) groups is 1. The van der Waals surface area contributed by atoms with Crippen LogP contribution in [-0.2, 0) is 9.53 Å². The predicted molar refractivity (Wildman–Crippen MR) is 37.9 cm³/mol. The first-order valence-corrected chi connectivity index (χ1v) is 3.06. The molecule has 0 saturated carbocycles. The highest BCUT2D eigenvalue weighted by Crippen LogP contribution is 1.87. The van der Waals surface area contributed by atoms with E-state index in [9.17, 15) is 4.79 Å². The van der Waals surface area contributed by atoms with Crippen LogP contribution in [0.2, 0.25) is 0 Å². The van der Waals surface area contributed by atoms with Crippen LogP contribution in [0.1, 0.15) is 13.8 Å². The molecular weight excluding hydrogens is 132 g/mol. The number of hydrogen-bond donors (Lipinski definition) is 1. The zero-order valence-corrected chi connectivity index (χ0v) is 6.26. The van der Waals surface area contributed by atoms with Gasteiger partial charge in [-0.3, -0.25) is 0 Å². The van der Waals surface area contributed by atoms with E-state index in [0.29, 0.717) is 6.61 Å². The summed E-state index contributed by atoms with van der Waals surface area (Å²) < 4.78 is 4.73. The molecule has 0 amide bonds. The molecule has 0 radical (unpaired) electrons. The molecule has 3 nitrogen and oxygen atoms in total. The summed E-state index contributed by atoms with van der Waals surface area (Å²) in [6.07, 6.45) is 1.84. The standard InChI is InChI=1S/C7H12O3/c1-6(2)3-4-10-5-7(8)9/h3H,4-5H2,1-2H3,(H,8,9). The molecule has 0 aliphatic heterocycles. The van der Waals surface area contributed by atoms with Gasteiger partial charge in [-0.2, -0.15) is 0 Å². The lowest BCUT2D eigenvalue weighted by Gasteiger charge is -1.94. The molecule has 0 aromatic heterocycles. The molecule has 0 heterocycles. The van der Waals surface area contributed by atoms with Gasteiger partial charge in [0.1, 0.15) is 6.61 Å². The van der Waals surface area contributed by atoms with E-state index in [1.807, 2.05) is 19.9 Å². The summed E-state index contributed by atoms with van der Waals surface area (Å²) in [6, 6.07) is 0. The second kappa shape index (κ2) is 4.99. The highest BCUT2D eigenvalue weighted by Gasteiger charge is 1.92. The Kier molecular flexibility index (Phi) is 4.58. The van der Waals surface area contributed by atoms with Gasteiger partial charge in [0.2, 0.25) is 0 Å². The van der Waals surface area contributed by atoms with Gasteiger partial charge in [0.25, 0.3) is 0 Å². The predicted octanol–water partition coefficient (Wildman–Crippen LogP) is 1.05. The summed E-state index contributed by atoms with van der Waals surface area (Å²) in [6.45, 7) is 4.03. The molecule has 58 valence electrons. The van der Waals surface area contributed by atoms with Gasteiger partial charge in [-0.05, 0) is 13.8 Å². The molecule has 0 saturated heterocycles. The van der Waals surface area contributed by atoms with Gasteiger partial charge in [-0.15, -0.1) is 0 Å². The molecule has 0 aromatic carbocycles. The van der Waals surface area contributed by atoms with Gasteiger partial charge in [0.15, 0.2) is 0 Å². The number of allylic oxidation sites excluding steroid dienone is 1. The van der Waals surface area contributed by atoms with E-state index in [2.05, 4.69) is 0 Å². The number of hydrogen-bond acceptors (Lipinski definition) is 2. The molecule has 0 rings (SSSR count). The van der Waals surface area contributed by atoms with Crippen molar-refractivity contribution in [2.75, 3.05) is 13.2 Å². The van der Waals surface area contributed by atoms with E-state index in [-0.39, 0.29) is 6.61 Å². The minimum Gasteiger partial charge on any atom is -0.480 e. The first kappa shape index (κ1) is 9.17. The van der Waals surface area contributed by atoms with Crippen LogP contribution in [0, 0.1) is 0 Å². The zero-order chi connectivity index (χ0) is 7.98. The molecule has 0 aromatic rings. The second-order valence-electron chi connectivity index (χ2n) is 2.19. The van der Waals surface area contributed by atoms with Crippen LogP contribution in [0.25, 0.3) is 0 Å². The zero-order valence-electron chi connectivity index (χ0n) is 6.26. The van der Waals surface area contributed by atoms with Crippen molar-refractivity contribution < 1.29 is 14.6 Å². The van der Waals surface area contributed by atoms with E-state index in [1.165, 1.54) is 0 Å². The SMILES string of the molecule is CC(C)=CCOCC(=O)O. The van der Waals surface area contributed by atoms with Gasteiger partial charge in [-0.25, -0.2) is 4.79 Å². The number of carboxylic acids is 1. The lowest BCUT2D eigenvalue weighted by atomic mass is 10.3. The Morgan fingerprint density at radius 1 is 1.60 bits per heavy atom. The van der Waals surface area contributed by atoms with Crippen molar-refractivity contribution in [1.29, 1.82) is 0 Å². The van der Waals surface area contributed by atoms with Gasteiger partial charge in [0, 0.05) is 0 Å². The monoisotopic (exact) mass is 144 g/mol. The van der Waals surface area contributed by atoms with Crippen LogP contribution in [0.3, 0.4) is 0 Å².